The summed E-state index contributed by atoms with van der Waals surface area (Å²) in [6, 6.07) is 16.0. The smallest absolute Gasteiger partial charge is 0.255 e. The van der Waals surface area contributed by atoms with Crippen molar-refractivity contribution in [1.82, 2.24) is 10.3 Å². The molecular weight excluding hydrogens is 419 g/mol. The van der Waals surface area contributed by atoms with E-state index in [1.165, 1.54) is 12.1 Å². The van der Waals surface area contributed by atoms with Gasteiger partial charge in [0.1, 0.15) is 5.82 Å². The fourth-order valence-corrected chi connectivity index (χ4v) is 3.52. The lowest BCUT2D eigenvalue weighted by Crippen LogP contribution is -2.35. The summed E-state index contributed by atoms with van der Waals surface area (Å²) in [5.74, 6) is -1.03. The second-order valence-corrected chi connectivity index (χ2v) is 7.91. The molecule has 172 valence electrons. The number of hydrogen-bond donors (Lipinski definition) is 3. The van der Waals surface area contributed by atoms with Crippen LogP contribution in [0.1, 0.15) is 59.6 Å². The molecule has 0 aliphatic rings. The molecule has 3 rings (SSSR count). The molecule has 1 aromatic heterocycles. The zero-order valence-electron chi connectivity index (χ0n) is 18.6. The third-order valence-electron chi connectivity index (χ3n) is 5.47. The molecule has 0 aliphatic heterocycles. The van der Waals surface area contributed by atoms with Gasteiger partial charge in [0.25, 0.3) is 5.91 Å². The standard InChI is InChI=1S/C26H29FN4O2/c1-2-3-4-23(18-9-11-21(27)12-10-18)26(33)30-17-24(28)19-5-7-20(8-6-19)25(32)31-22-13-15-29-16-14-22/h5-16,23-24H,2-4,17,28H2,1H3,(H,30,33)(H,29,31,32)/t23?,24-/m0/s1. The normalized spacial score (nSPS) is 12.6. The molecule has 2 amide bonds. The highest BCUT2D eigenvalue weighted by Crippen LogP contribution is 2.23. The van der Waals surface area contributed by atoms with Gasteiger partial charge in [-0.15, -0.1) is 0 Å². The highest BCUT2D eigenvalue weighted by molar-refractivity contribution is 6.04. The number of anilines is 1. The molecule has 0 saturated heterocycles. The van der Waals surface area contributed by atoms with Gasteiger partial charge < -0.3 is 16.4 Å². The number of unbranched alkanes of at least 4 members (excludes halogenated alkanes) is 1. The predicted molar refractivity (Wildman–Crippen MR) is 127 cm³/mol. The molecule has 1 unspecified atom stereocenters. The molecule has 2 aromatic carbocycles. The molecule has 0 saturated carbocycles. The van der Waals surface area contributed by atoms with Gasteiger partial charge in [-0.1, -0.05) is 44.0 Å². The topological polar surface area (TPSA) is 97.1 Å². The number of nitrogens with two attached hydrogens (primary N) is 1. The van der Waals surface area contributed by atoms with Crippen LogP contribution in [-0.4, -0.2) is 23.3 Å². The Morgan fingerprint density at radius 3 is 2.24 bits per heavy atom. The summed E-state index contributed by atoms with van der Waals surface area (Å²) in [4.78, 5) is 29.2. The van der Waals surface area contributed by atoms with Crippen LogP contribution >= 0.6 is 0 Å². The molecule has 2 atom stereocenters. The fraction of sp³-hybridized carbons (Fsp3) is 0.269. The lowest BCUT2D eigenvalue weighted by Gasteiger charge is -2.19. The Bertz CT molecular complexity index is 1040. The number of nitrogens with one attached hydrogen (secondary N) is 2. The molecule has 0 aliphatic carbocycles. The molecule has 6 nitrogen and oxygen atoms in total. The van der Waals surface area contributed by atoms with E-state index in [0.29, 0.717) is 17.7 Å². The van der Waals surface area contributed by atoms with Crippen molar-refractivity contribution in [2.45, 2.75) is 38.1 Å². The van der Waals surface area contributed by atoms with E-state index in [4.69, 9.17) is 5.73 Å². The number of rotatable bonds is 10. The Kier molecular flexibility index (Phi) is 8.66. The van der Waals surface area contributed by atoms with Crippen LogP contribution in [0.5, 0.6) is 0 Å². The summed E-state index contributed by atoms with van der Waals surface area (Å²) in [5.41, 5.74) is 9.05. The van der Waals surface area contributed by atoms with Gasteiger partial charge in [-0.3, -0.25) is 14.6 Å². The van der Waals surface area contributed by atoms with Crippen molar-refractivity contribution >= 4 is 17.5 Å². The average Bonchev–Trinajstić information content (AvgIpc) is 2.84. The monoisotopic (exact) mass is 448 g/mol. The van der Waals surface area contributed by atoms with Gasteiger partial charge in [-0.05, 0) is 53.9 Å². The van der Waals surface area contributed by atoms with Crippen LogP contribution in [0.4, 0.5) is 10.1 Å². The minimum atomic E-state index is -0.425. The van der Waals surface area contributed by atoms with Crippen LogP contribution < -0.4 is 16.4 Å². The van der Waals surface area contributed by atoms with E-state index in [1.807, 2.05) is 0 Å². The Morgan fingerprint density at radius 2 is 1.61 bits per heavy atom. The highest BCUT2D eigenvalue weighted by Gasteiger charge is 2.21. The number of aromatic nitrogens is 1. The van der Waals surface area contributed by atoms with Gasteiger partial charge in [-0.25, -0.2) is 4.39 Å². The minimum absolute atomic E-state index is 0.126. The first-order chi connectivity index (χ1) is 16.0. The number of amides is 2. The number of carbonyl (C=O) groups is 2. The summed E-state index contributed by atoms with van der Waals surface area (Å²) < 4.78 is 13.3. The summed E-state index contributed by atoms with van der Waals surface area (Å²) in [5, 5.41) is 5.73. The van der Waals surface area contributed by atoms with Crippen molar-refractivity contribution in [3.05, 3.63) is 95.6 Å². The third kappa shape index (κ3) is 6.95. The number of halogens is 1. The Hall–Kier alpha value is -3.58. The van der Waals surface area contributed by atoms with Crippen LogP contribution in [0, 0.1) is 5.82 Å². The van der Waals surface area contributed by atoms with E-state index in [0.717, 1.165) is 24.0 Å². The van der Waals surface area contributed by atoms with E-state index in [1.54, 1.807) is 60.9 Å². The maximum absolute atomic E-state index is 13.3. The molecule has 0 bridgehead atoms. The van der Waals surface area contributed by atoms with Gasteiger partial charge in [0.05, 0.1) is 5.92 Å². The Labute approximate surface area is 193 Å². The van der Waals surface area contributed by atoms with E-state index >= 15 is 0 Å². The van der Waals surface area contributed by atoms with Crippen molar-refractivity contribution in [1.29, 1.82) is 0 Å². The number of hydrogen-bond acceptors (Lipinski definition) is 4. The van der Waals surface area contributed by atoms with E-state index in [-0.39, 0.29) is 30.1 Å². The summed E-state index contributed by atoms with van der Waals surface area (Å²) >= 11 is 0. The van der Waals surface area contributed by atoms with Gasteiger partial charge in [0, 0.05) is 36.2 Å². The molecule has 0 fully saturated rings. The lowest BCUT2D eigenvalue weighted by molar-refractivity contribution is -0.122. The first-order valence-corrected chi connectivity index (χ1v) is 11.1. The molecule has 3 aromatic rings. The van der Waals surface area contributed by atoms with Crippen molar-refractivity contribution in [3.63, 3.8) is 0 Å². The quantitative estimate of drug-likeness (QED) is 0.423. The van der Waals surface area contributed by atoms with Crippen molar-refractivity contribution in [3.8, 4) is 0 Å². The van der Waals surface area contributed by atoms with Gasteiger partial charge in [-0.2, -0.15) is 0 Å². The van der Waals surface area contributed by atoms with E-state index in [2.05, 4.69) is 22.5 Å². The molecule has 7 heteroatoms. The number of benzene rings is 2. The van der Waals surface area contributed by atoms with Crippen LogP contribution in [0.2, 0.25) is 0 Å². The predicted octanol–water partition coefficient (Wildman–Crippen LogP) is 4.56. The van der Waals surface area contributed by atoms with Crippen molar-refractivity contribution in [2.75, 3.05) is 11.9 Å². The zero-order chi connectivity index (χ0) is 23.6. The second kappa shape index (κ2) is 11.9. The first-order valence-electron chi connectivity index (χ1n) is 11.1. The largest absolute Gasteiger partial charge is 0.354 e. The lowest BCUT2D eigenvalue weighted by atomic mass is 9.92. The molecule has 4 N–H and O–H groups in total. The first kappa shape index (κ1) is 24.1. The van der Waals surface area contributed by atoms with Crippen molar-refractivity contribution < 1.29 is 14.0 Å². The average molecular weight is 449 g/mol. The maximum atomic E-state index is 13.3. The van der Waals surface area contributed by atoms with Gasteiger partial charge >= 0.3 is 0 Å². The molecular formula is C26H29FN4O2. The number of nitrogens with zero attached hydrogens (tertiary/aromatic N) is 1. The molecule has 0 radical (unpaired) electrons. The summed E-state index contributed by atoms with van der Waals surface area (Å²) in [7, 11) is 0. The molecule has 33 heavy (non-hydrogen) atoms. The van der Waals surface area contributed by atoms with Crippen LogP contribution in [0.15, 0.2) is 73.1 Å². The van der Waals surface area contributed by atoms with Gasteiger partial charge in [0.2, 0.25) is 5.91 Å². The number of carbonyl (C=O) groups excluding carboxylic acids is 2. The zero-order valence-corrected chi connectivity index (χ0v) is 18.6. The molecule has 0 spiro atoms. The SMILES string of the molecule is CCCCC(C(=O)NC[C@H](N)c1ccc(C(=O)Nc2ccncc2)cc1)c1ccc(F)cc1. The van der Waals surface area contributed by atoms with E-state index < -0.39 is 6.04 Å². The summed E-state index contributed by atoms with van der Waals surface area (Å²) in [6.07, 6.45) is 5.75. The van der Waals surface area contributed by atoms with Crippen molar-refractivity contribution in [2.24, 2.45) is 5.73 Å². The third-order valence-corrected chi connectivity index (χ3v) is 5.47. The van der Waals surface area contributed by atoms with Gasteiger partial charge in [0.15, 0.2) is 0 Å². The highest BCUT2D eigenvalue weighted by atomic mass is 19.1. The second-order valence-electron chi connectivity index (χ2n) is 7.91. The van der Waals surface area contributed by atoms with Crippen LogP contribution in [0.25, 0.3) is 0 Å². The van der Waals surface area contributed by atoms with Crippen LogP contribution in [0.3, 0.4) is 0 Å². The Morgan fingerprint density at radius 1 is 0.970 bits per heavy atom. The summed E-state index contributed by atoms with van der Waals surface area (Å²) in [6.45, 7) is 2.32. The maximum Gasteiger partial charge on any atom is 0.255 e. The molecule has 1 heterocycles. The van der Waals surface area contributed by atoms with E-state index in [9.17, 15) is 14.0 Å². The number of pyridine rings is 1. The minimum Gasteiger partial charge on any atom is -0.354 e. The fourth-order valence-electron chi connectivity index (χ4n) is 3.52. The van der Waals surface area contributed by atoms with Crippen LogP contribution in [-0.2, 0) is 4.79 Å². The Balaban J connectivity index is 1.58.